The number of rotatable bonds is 9. The van der Waals surface area contributed by atoms with Crippen LogP contribution in [-0.2, 0) is 9.59 Å². The van der Waals surface area contributed by atoms with Crippen LogP contribution in [0.3, 0.4) is 0 Å². The minimum atomic E-state index is 0.0454. The Hall–Kier alpha value is -1.40. The van der Waals surface area contributed by atoms with E-state index in [1.54, 1.807) is 11.3 Å². The van der Waals surface area contributed by atoms with Crippen LogP contribution in [0.4, 0.5) is 0 Å². The van der Waals surface area contributed by atoms with Gasteiger partial charge in [0.05, 0.1) is 6.04 Å². The van der Waals surface area contributed by atoms with Gasteiger partial charge in [-0.15, -0.1) is 11.3 Å². The molecule has 1 atom stereocenters. The third-order valence-corrected chi connectivity index (χ3v) is 4.79. The van der Waals surface area contributed by atoms with E-state index in [0.29, 0.717) is 25.9 Å². The smallest absolute Gasteiger partial charge is 0.223 e. The van der Waals surface area contributed by atoms with Crippen LogP contribution in [0.5, 0.6) is 0 Å². The molecule has 0 aliphatic heterocycles. The van der Waals surface area contributed by atoms with Gasteiger partial charge >= 0.3 is 0 Å². The van der Waals surface area contributed by atoms with Crippen molar-refractivity contribution in [2.24, 2.45) is 5.92 Å². The van der Waals surface area contributed by atoms with Gasteiger partial charge in [0.15, 0.2) is 0 Å². The molecule has 122 valence electrons. The number of carbonyl (C=O) groups is 2. The Labute approximate surface area is 136 Å². The van der Waals surface area contributed by atoms with Crippen molar-refractivity contribution >= 4 is 23.2 Å². The number of thiophene rings is 1. The molecule has 1 heterocycles. The number of nitrogens with zero attached hydrogens (tertiary/aromatic N) is 1. The van der Waals surface area contributed by atoms with Gasteiger partial charge in [0.2, 0.25) is 11.8 Å². The highest BCUT2D eigenvalue weighted by Crippen LogP contribution is 2.28. The van der Waals surface area contributed by atoms with Crippen LogP contribution in [0, 0.1) is 5.92 Å². The average Bonchev–Trinajstić information content (AvgIpc) is 3.20. The van der Waals surface area contributed by atoms with E-state index in [1.807, 2.05) is 20.2 Å². The van der Waals surface area contributed by atoms with Gasteiger partial charge in [-0.05, 0) is 44.8 Å². The van der Waals surface area contributed by atoms with E-state index in [-0.39, 0.29) is 23.8 Å². The summed E-state index contributed by atoms with van der Waals surface area (Å²) in [4.78, 5) is 26.7. The van der Waals surface area contributed by atoms with Gasteiger partial charge < -0.3 is 15.5 Å². The van der Waals surface area contributed by atoms with Crippen LogP contribution in [0.25, 0.3) is 0 Å². The van der Waals surface area contributed by atoms with Crippen molar-refractivity contribution < 1.29 is 9.59 Å². The largest absolute Gasteiger partial charge is 0.356 e. The van der Waals surface area contributed by atoms with E-state index in [9.17, 15) is 9.59 Å². The van der Waals surface area contributed by atoms with Crippen molar-refractivity contribution in [2.45, 2.75) is 31.7 Å². The van der Waals surface area contributed by atoms with Crippen molar-refractivity contribution in [3.8, 4) is 0 Å². The van der Waals surface area contributed by atoms with Crippen LogP contribution in [0.2, 0.25) is 0 Å². The molecular weight excluding hydrogens is 298 g/mol. The predicted octanol–water partition coefficient (Wildman–Crippen LogP) is 1.77. The van der Waals surface area contributed by atoms with Crippen LogP contribution >= 0.6 is 11.3 Å². The van der Waals surface area contributed by atoms with E-state index in [2.05, 4.69) is 27.0 Å². The lowest BCUT2D eigenvalue weighted by molar-refractivity contribution is -0.123. The number of hydrogen-bond acceptors (Lipinski definition) is 4. The lowest BCUT2D eigenvalue weighted by Gasteiger charge is -2.23. The molecule has 2 rings (SSSR count). The van der Waals surface area contributed by atoms with E-state index in [4.69, 9.17) is 0 Å². The molecule has 1 unspecified atom stereocenters. The molecule has 1 saturated carbocycles. The SMILES string of the molecule is CN(C)C(CNC(=O)CCCNC(=O)C1CC1)c1cccs1. The lowest BCUT2D eigenvalue weighted by atomic mass is 10.2. The molecule has 1 aromatic rings. The quantitative estimate of drug-likeness (QED) is 0.681. The first-order chi connectivity index (χ1) is 10.6. The van der Waals surface area contributed by atoms with Gasteiger partial charge in [0.25, 0.3) is 0 Å². The molecule has 2 amide bonds. The summed E-state index contributed by atoms with van der Waals surface area (Å²) >= 11 is 1.70. The Morgan fingerprint density at radius 2 is 2.14 bits per heavy atom. The molecule has 0 bridgehead atoms. The molecular formula is C16H25N3O2S. The second-order valence-corrected chi connectivity index (χ2v) is 6.95. The Bertz CT molecular complexity index is 484. The lowest BCUT2D eigenvalue weighted by Crippen LogP contribution is -2.34. The summed E-state index contributed by atoms with van der Waals surface area (Å²) in [5.41, 5.74) is 0. The van der Waals surface area contributed by atoms with E-state index in [0.717, 1.165) is 12.8 Å². The van der Waals surface area contributed by atoms with Gasteiger partial charge in [0, 0.05) is 30.3 Å². The molecule has 22 heavy (non-hydrogen) atoms. The normalized spacial score (nSPS) is 15.6. The monoisotopic (exact) mass is 323 g/mol. The molecule has 0 aromatic carbocycles. The van der Waals surface area contributed by atoms with Gasteiger partial charge in [0.1, 0.15) is 0 Å². The maximum atomic E-state index is 11.9. The van der Waals surface area contributed by atoms with Crippen molar-refractivity contribution in [1.82, 2.24) is 15.5 Å². The Morgan fingerprint density at radius 3 is 2.73 bits per heavy atom. The standard InChI is InChI=1S/C16H25N3O2S/c1-19(2)13(14-5-4-10-22-14)11-18-15(20)6-3-9-17-16(21)12-7-8-12/h4-5,10,12-13H,3,6-9,11H2,1-2H3,(H,17,21)(H,18,20). The van der Waals surface area contributed by atoms with Crippen LogP contribution in [0.1, 0.15) is 36.6 Å². The minimum Gasteiger partial charge on any atom is -0.356 e. The Kier molecular flexibility index (Phi) is 6.39. The summed E-state index contributed by atoms with van der Waals surface area (Å²) in [6, 6.07) is 4.33. The molecule has 1 aromatic heterocycles. The van der Waals surface area contributed by atoms with Crippen LogP contribution < -0.4 is 10.6 Å². The summed E-state index contributed by atoms with van der Waals surface area (Å²) in [5.74, 6) is 0.426. The van der Waals surface area contributed by atoms with Crippen molar-refractivity contribution in [2.75, 3.05) is 27.2 Å². The highest BCUT2D eigenvalue weighted by Gasteiger charge is 2.29. The second kappa shape index (κ2) is 8.29. The zero-order chi connectivity index (χ0) is 15.9. The molecule has 6 heteroatoms. The summed E-state index contributed by atoms with van der Waals surface area (Å²) in [7, 11) is 4.04. The second-order valence-electron chi connectivity index (χ2n) is 5.97. The Morgan fingerprint density at radius 1 is 1.36 bits per heavy atom. The third-order valence-electron chi connectivity index (χ3n) is 3.82. The minimum absolute atomic E-state index is 0.0454. The first-order valence-electron chi connectivity index (χ1n) is 7.82. The van der Waals surface area contributed by atoms with Crippen molar-refractivity contribution in [1.29, 1.82) is 0 Å². The summed E-state index contributed by atoms with van der Waals surface area (Å²) < 4.78 is 0. The van der Waals surface area contributed by atoms with Crippen molar-refractivity contribution in [3.05, 3.63) is 22.4 Å². The maximum Gasteiger partial charge on any atom is 0.223 e. The third kappa shape index (κ3) is 5.42. The fourth-order valence-electron chi connectivity index (χ4n) is 2.27. The highest BCUT2D eigenvalue weighted by molar-refractivity contribution is 7.10. The molecule has 0 saturated heterocycles. The van der Waals surface area contributed by atoms with Gasteiger partial charge in [-0.2, -0.15) is 0 Å². The van der Waals surface area contributed by atoms with Gasteiger partial charge in [-0.1, -0.05) is 6.07 Å². The molecule has 5 nitrogen and oxygen atoms in total. The maximum absolute atomic E-state index is 11.9. The topological polar surface area (TPSA) is 61.4 Å². The van der Waals surface area contributed by atoms with Crippen LogP contribution in [-0.4, -0.2) is 43.9 Å². The number of hydrogen-bond donors (Lipinski definition) is 2. The zero-order valence-electron chi connectivity index (χ0n) is 13.3. The zero-order valence-corrected chi connectivity index (χ0v) is 14.1. The first-order valence-corrected chi connectivity index (χ1v) is 8.70. The number of amides is 2. The molecule has 2 N–H and O–H groups in total. The highest BCUT2D eigenvalue weighted by atomic mass is 32.1. The van der Waals surface area contributed by atoms with E-state index < -0.39 is 0 Å². The van der Waals surface area contributed by atoms with Crippen LogP contribution in [0.15, 0.2) is 17.5 Å². The van der Waals surface area contributed by atoms with E-state index in [1.165, 1.54) is 4.88 Å². The summed E-state index contributed by atoms with van der Waals surface area (Å²) in [5, 5.41) is 7.92. The summed E-state index contributed by atoms with van der Waals surface area (Å²) in [6.07, 6.45) is 3.17. The molecule has 1 aliphatic rings. The average molecular weight is 323 g/mol. The predicted molar refractivity (Wildman–Crippen MR) is 88.7 cm³/mol. The molecule has 0 radical (unpaired) electrons. The van der Waals surface area contributed by atoms with Gasteiger partial charge in [-0.3, -0.25) is 9.59 Å². The number of nitrogens with one attached hydrogen (secondary N) is 2. The Balaban J connectivity index is 1.62. The van der Waals surface area contributed by atoms with E-state index >= 15 is 0 Å². The number of carbonyl (C=O) groups excluding carboxylic acids is 2. The first kappa shape index (κ1) is 17.0. The fourth-order valence-corrected chi connectivity index (χ4v) is 3.19. The fraction of sp³-hybridized carbons (Fsp3) is 0.625. The molecule has 1 fully saturated rings. The number of likely N-dealkylation sites (N-methyl/N-ethyl adjacent to an activating group) is 1. The van der Waals surface area contributed by atoms with Gasteiger partial charge in [-0.25, -0.2) is 0 Å². The van der Waals surface area contributed by atoms with Crippen molar-refractivity contribution in [3.63, 3.8) is 0 Å². The molecule has 0 spiro atoms. The molecule has 1 aliphatic carbocycles. The summed E-state index contributed by atoms with van der Waals surface area (Å²) in [6.45, 7) is 1.20.